The summed E-state index contributed by atoms with van der Waals surface area (Å²) in [6, 6.07) is 0. The second-order valence-electron chi connectivity index (χ2n) is 0.924. The first-order chi connectivity index (χ1) is 3.71. The van der Waals surface area contributed by atoms with E-state index >= 15 is 0 Å². The lowest BCUT2D eigenvalue weighted by Crippen LogP contribution is -2.10. The molecule has 0 saturated heterocycles. The van der Waals surface area contributed by atoms with Crippen molar-refractivity contribution in [2.75, 3.05) is 0 Å². The Labute approximate surface area is 73.4 Å². The smallest absolute Gasteiger partial charge is 0.263 e. The molecule has 10 heavy (non-hydrogen) atoms. The van der Waals surface area contributed by atoms with Gasteiger partial charge in [0.25, 0.3) is 0 Å². The summed E-state index contributed by atoms with van der Waals surface area (Å²) >= 11 is 0. The molecule has 2 N–H and O–H groups in total. The molecule has 0 bridgehead atoms. The van der Waals surface area contributed by atoms with Crippen LogP contribution in [0.15, 0.2) is 0 Å². The Hall–Kier alpha value is 0.546. The molecule has 0 spiro atoms. The molecule has 0 heterocycles. The minimum atomic E-state index is -5.12. The van der Waals surface area contributed by atoms with Crippen molar-refractivity contribution in [3.63, 3.8) is 0 Å². The van der Waals surface area contributed by atoms with Gasteiger partial charge in [-0.25, -0.2) is 0 Å². The molecule has 0 aromatic carbocycles. The van der Waals surface area contributed by atoms with Gasteiger partial charge in [0, 0.05) is 0 Å². The minimum Gasteiger partial charge on any atom is -0.263 e. The van der Waals surface area contributed by atoms with Gasteiger partial charge in [-0.15, -0.1) is 3.63 Å². The molecule has 0 atom stereocenters. The van der Waals surface area contributed by atoms with Gasteiger partial charge in [0.2, 0.25) is 0 Å². The molecule has 10 heteroatoms. The topological polar surface area (TPSA) is 118 Å². The van der Waals surface area contributed by atoms with Crippen molar-refractivity contribution in [3.05, 3.63) is 0 Å². The van der Waals surface area contributed by atoms with E-state index in [9.17, 15) is 16.8 Å². The van der Waals surface area contributed by atoms with Gasteiger partial charge in [-0.3, -0.25) is 9.11 Å². The minimum absolute atomic E-state index is 0. The van der Waals surface area contributed by atoms with Crippen LogP contribution in [0.25, 0.3) is 0 Å². The lowest BCUT2D eigenvalue weighted by molar-refractivity contribution is 0.344. The molecule has 0 aliphatic rings. The maximum atomic E-state index is 9.44. The fourth-order valence-corrected chi connectivity index (χ4v) is 0.978. The normalized spacial score (nSPS) is 12.2. The molecule has 0 saturated carbocycles. The highest BCUT2D eigenvalue weighted by atomic mass is 32.3. The Bertz CT molecular complexity index is 237. The predicted octanol–water partition coefficient (Wildman–Crippen LogP) is -2.31. The van der Waals surface area contributed by atoms with E-state index in [-0.39, 0.29) is 23.1 Å². The molecule has 60 valence electrons. The average molecular weight is 204 g/mol. The standard InChI is InChI=1S/Mg.H2O7S2.2H/c;1-8(2,3)7-9(4,5)6;;/h;(H,1,2,3)(H,4,5,6);;. The van der Waals surface area contributed by atoms with Crippen molar-refractivity contribution >= 4 is 43.9 Å². The highest BCUT2D eigenvalue weighted by Crippen LogP contribution is 1.91. The zero-order valence-electron chi connectivity index (χ0n) is 3.75. The highest BCUT2D eigenvalue weighted by Gasteiger charge is 2.15. The van der Waals surface area contributed by atoms with E-state index in [0.29, 0.717) is 0 Å². The van der Waals surface area contributed by atoms with Crippen LogP contribution in [0, 0.1) is 0 Å². The van der Waals surface area contributed by atoms with Crippen molar-refractivity contribution in [2.24, 2.45) is 0 Å². The lowest BCUT2D eigenvalue weighted by atomic mass is 15.8. The van der Waals surface area contributed by atoms with Crippen molar-refractivity contribution in [1.82, 2.24) is 0 Å². The molecule has 7 nitrogen and oxygen atoms in total. The van der Waals surface area contributed by atoms with Crippen LogP contribution in [-0.2, 0) is 24.4 Å². The molecular formula is H4MgO7S2. The van der Waals surface area contributed by atoms with Crippen molar-refractivity contribution in [1.29, 1.82) is 0 Å². The largest absolute Gasteiger partial charge is 0.413 e. The Morgan fingerprint density at radius 2 is 1.10 bits per heavy atom. The fraction of sp³-hybridized carbons (Fsp3) is 0. The monoisotopic (exact) mass is 204 g/mol. The molecule has 0 fully saturated rings. The molecule has 0 radical (unpaired) electrons. The van der Waals surface area contributed by atoms with E-state index in [0.717, 1.165) is 0 Å². The van der Waals surface area contributed by atoms with Crippen LogP contribution in [0.1, 0.15) is 0 Å². The first-order valence-electron chi connectivity index (χ1n) is 1.37. The summed E-state index contributed by atoms with van der Waals surface area (Å²) in [5.41, 5.74) is 0. The van der Waals surface area contributed by atoms with Crippen molar-refractivity contribution in [3.8, 4) is 0 Å². The van der Waals surface area contributed by atoms with Crippen LogP contribution in [0.3, 0.4) is 0 Å². The summed E-state index contributed by atoms with van der Waals surface area (Å²) in [5, 5.41) is 0. The maximum absolute atomic E-state index is 9.44. The number of hydrogen-bond acceptors (Lipinski definition) is 5. The summed E-state index contributed by atoms with van der Waals surface area (Å²) in [4.78, 5) is 0. The number of hydrogen-bond donors (Lipinski definition) is 2. The summed E-state index contributed by atoms with van der Waals surface area (Å²) in [6.07, 6.45) is 0. The van der Waals surface area contributed by atoms with Crippen LogP contribution in [0.5, 0.6) is 0 Å². The average Bonchev–Trinajstić information content (AvgIpc) is 1.14. The molecule has 0 aromatic rings. The SMILES string of the molecule is O=S(=O)(O)OS(=O)(=O)O.[MgH2]. The first-order valence-corrected chi connectivity index (χ1v) is 4.10. The lowest BCUT2D eigenvalue weighted by Gasteiger charge is -1.89. The molecular weight excluding hydrogens is 200 g/mol. The predicted molar refractivity (Wildman–Crippen MR) is 32.7 cm³/mol. The molecule has 0 aliphatic carbocycles. The van der Waals surface area contributed by atoms with Gasteiger partial charge in [-0.1, -0.05) is 0 Å². The van der Waals surface area contributed by atoms with Gasteiger partial charge in [-0.05, 0) is 0 Å². The summed E-state index contributed by atoms with van der Waals surface area (Å²) in [5.74, 6) is 0. The van der Waals surface area contributed by atoms with E-state index in [4.69, 9.17) is 9.11 Å². The Balaban J connectivity index is 0. The molecule has 0 amide bonds. The third-order valence-electron chi connectivity index (χ3n) is 0.172. The molecule has 0 aromatic heterocycles. The van der Waals surface area contributed by atoms with E-state index in [2.05, 4.69) is 3.63 Å². The quantitative estimate of drug-likeness (QED) is 0.383. The van der Waals surface area contributed by atoms with Gasteiger partial charge in [0.1, 0.15) is 0 Å². The Morgan fingerprint density at radius 3 is 1.10 bits per heavy atom. The van der Waals surface area contributed by atoms with Crippen LogP contribution in [0.4, 0.5) is 0 Å². The molecule has 0 unspecified atom stereocenters. The van der Waals surface area contributed by atoms with Crippen molar-refractivity contribution in [2.45, 2.75) is 0 Å². The first kappa shape index (κ1) is 13.2. The summed E-state index contributed by atoms with van der Waals surface area (Å²) < 4.78 is 55.6. The van der Waals surface area contributed by atoms with Gasteiger partial charge < -0.3 is 0 Å². The van der Waals surface area contributed by atoms with Crippen LogP contribution in [0.2, 0.25) is 0 Å². The van der Waals surface area contributed by atoms with Crippen molar-refractivity contribution < 1.29 is 29.6 Å². The van der Waals surface area contributed by atoms with Gasteiger partial charge in [0.05, 0.1) is 0 Å². The van der Waals surface area contributed by atoms with Crippen LogP contribution >= 0.6 is 0 Å². The Morgan fingerprint density at radius 1 is 0.900 bits per heavy atom. The summed E-state index contributed by atoms with van der Waals surface area (Å²) in [7, 11) is -10.2. The fourth-order valence-electron chi connectivity index (χ4n) is 0.109. The molecule has 0 rings (SSSR count). The van der Waals surface area contributed by atoms with Gasteiger partial charge >= 0.3 is 43.9 Å². The van der Waals surface area contributed by atoms with Gasteiger partial charge in [-0.2, -0.15) is 16.8 Å². The third kappa shape index (κ3) is 11.4. The second-order valence-corrected chi connectivity index (χ2v) is 3.18. The second kappa shape index (κ2) is 3.80. The maximum Gasteiger partial charge on any atom is 0.413 e. The van der Waals surface area contributed by atoms with E-state index in [1.807, 2.05) is 0 Å². The van der Waals surface area contributed by atoms with Crippen LogP contribution in [-0.4, -0.2) is 49.0 Å². The van der Waals surface area contributed by atoms with E-state index in [1.165, 1.54) is 0 Å². The van der Waals surface area contributed by atoms with E-state index in [1.54, 1.807) is 0 Å². The summed E-state index contributed by atoms with van der Waals surface area (Å²) in [6.45, 7) is 0. The zero-order valence-corrected chi connectivity index (χ0v) is 5.39. The van der Waals surface area contributed by atoms with Gasteiger partial charge in [0.15, 0.2) is 0 Å². The van der Waals surface area contributed by atoms with Crippen LogP contribution < -0.4 is 0 Å². The Kier molecular flexibility index (Phi) is 5.00. The molecule has 0 aliphatic heterocycles. The van der Waals surface area contributed by atoms with E-state index < -0.39 is 20.8 Å². The third-order valence-corrected chi connectivity index (χ3v) is 1.55. The number of rotatable bonds is 2. The zero-order chi connectivity index (χ0) is 7.71. The highest BCUT2D eigenvalue weighted by molar-refractivity contribution is 7.94.